The van der Waals surface area contributed by atoms with Crippen molar-refractivity contribution in [2.24, 2.45) is 0 Å². The lowest BCUT2D eigenvalue weighted by Gasteiger charge is -2.24. The summed E-state index contributed by atoms with van der Waals surface area (Å²) < 4.78 is 41.0. The number of halogens is 2. The van der Waals surface area contributed by atoms with Crippen molar-refractivity contribution in [2.45, 2.75) is 12.5 Å². The number of nitrogens with one attached hydrogen (secondary N) is 1. The van der Waals surface area contributed by atoms with E-state index in [-0.39, 0.29) is 28.8 Å². The zero-order valence-electron chi connectivity index (χ0n) is 20.1. The summed E-state index contributed by atoms with van der Waals surface area (Å²) in [6.07, 6.45) is 1.51. The fourth-order valence-electron chi connectivity index (χ4n) is 3.28. The van der Waals surface area contributed by atoms with Gasteiger partial charge in [0.15, 0.2) is 17.4 Å². The highest BCUT2D eigenvalue weighted by atomic mass is 35.5. The number of amides is 1. The predicted octanol–water partition coefficient (Wildman–Crippen LogP) is 3.91. The van der Waals surface area contributed by atoms with Gasteiger partial charge in [-0.1, -0.05) is 11.6 Å². The molecule has 8 nitrogen and oxygen atoms in total. The van der Waals surface area contributed by atoms with E-state index in [2.05, 4.69) is 10.3 Å². The topological polar surface area (TPSA) is 107 Å². The van der Waals surface area contributed by atoms with E-state index in [1.165, 1.54) is 57.7 Å². The van der Waals surface area contributed by atoms with Gasteiger partial charge < -0.3 is 24.6 Å². The molecule has 0 bridgehead atoms. The van der Waals surface area contributed by atoms with Gasteiger partial charge >= 0.3 is 0 Å². The summed E-state index contributed by atoms with van der Waals surface area (Å²) in [6, 6.07) is 11.9. The quantitative estimate of drug-likeness (QED) is 0.404. The van der Waals surface area contributed by atoms with Crippen molar-refractivity contribution in [3.8, 4) is 28.5 Å². The van der Waals surface area contributed by atoms with Gasteiger partial charge in [0.1, 0.15) is 22.9 Å². The maximum absolute atomic E-state index is 13.6. The lowest BCUT2D eigenvalue weighted by atomic mass is 9.99. The molecule has 2 unspecified atom stereocenters. The van der Waals surface area contributed by atoms with E-state index in [0.29, 0.717) is 28.5 Å². The van der Waals surface area contributed by atoms with Crippen LogP contribution in [0.1, 0.15) is 23.0 Å². The number of nitrogens with zero attached hydrogens (tertiary/aromatic N) is 1. The summed E-state index contributed by atoms with van der Waals surface area (Å²) in [5.41, 5.74) is -0.165. The number of hydrogen-bond acceptors (Lipinski definition) is 7. The van der Waals surface area contributed by atoms with Gasteiger partial charge in [-0.2, -0.15) is 0 Å². The molecule has 2 aromatic carbocycles. The van der Waals surface area contributed by atoms with Crippen LogP contribution in [0.3, 0.4) is 0 Å². The van der Waals surface area contributed by atoms with Crippen molar-refractivity contribution >= 4 is 28.3 Å². The molecule has 11 heteroatoms. The standard InChI is InChI=1S/C25H26ClFN2O6S/c1-25(31,13-28-24(30)16-6-8-19(21(12-16)34-3)35-14-36(4)32)22-10-9-20(33-2)23(29-22)15-5-7-18(27)17(26)11-15/h5-12,31H,13-14H2,1-4H3,(H,28,30). The summed E-state index contributed by atoms with van der Waals surface area (Å²) in [5, 5.41) is 13.7. The van der Waals surface area contributed by atoms with E-state index in [4.69, 9.17) is 25.8 Å². The smallest absolute Gasteiger partial charge is 0.251 e. The van der Waals surface area contributed by atoms with Crippen LogP contribution in [0.25, 0.3) is 11.3 Å². The Morgan fingerprint density at radius 3 is 2.44 bits per heavy atom. The minimum atomic E-state index is -1.56. The highest BCUT2D eigenvalue weighted by Gasteiger charge is 2.27. The Morgan fingerprint density at radius 1 is 1.11 bits per heavy atom. The molecular formula is C25H26ClFN2O6S. The highest BCUT2D eigenvalue weighted by molar-refractivity contribution is 7.84. The number of aromatic nitrogens is 1. The SMILES string of the molecule is COc1cc(C(=O)NCC(C)(O)c2ccc(OC)c(-c3ccc(F)c(Cl)c3)n2)ccc1OCS(C)=O. The normalized spacial score (nSPS) is 13.4. The number of aliphatic hydroxyl groups is 1. The van der Waals surface area contributed by atoms with Crippen LogP contribution in [-0.4, -0.2) is 53.2 Å². The first-order chi connectivity index (χ1) is 17.1. The molecule has 0 spiro atoms. The average Bonchev–Trinajstić information content (AvgIpc) is 2.87. The molecule has 0 radical (unpaired) electrons. The first-order valence-corrected chi connectivity index (χ1v) is 12.8. The molecule has 3 rings (SSSR count). The van der Waals surface area contributed by atoms with Crippen LogP contribution in [0.5, 0.6) is 17.2 Å². The Balaban J connectivity index is 1.79. The van der Waals surface area contributed by atoms with Crippen LogP contribution in [-0.2, 0) is 16.4 Å². The van der Waals surface area contributed by atoms with Gasteiger partial charge in [-0.05, 0) is 55.5 Å². The minimum Gasteiger partial charge on any atom is -0.494 e. The summed E-state index contributed by atoms with van der Waals surface area (Å²) in [4.78, 5) is 17.3. The van der Waals surface area contributed by atoms with Crippen LogP contribution in [0.4, 0.5) is 4.39 Å². The molecule has 3 aromatic rings. The molecule has 0 aliphatic carbocycles. The van der Waals surface area contributed by atoms with Crippen LogP contribution in [0.15, 0.2) is 48.5 Å². The number of benzene rings is 2. The van der Waals surface area contributed by atoms with E-state index in [9.17, 15) is 18.5 Å². The second kappa shape index (κ2) is 11.7. The van der Waals surface area contributed by atoms with Gasteiger partial charge in [-0.25, -0.2) is 9.37 Å². The van der Waals surface area contributed by atoms with Gasteiger partial charge in [0.25, 0.3) is 5.91 Å². The van der Waals surface area contributed by atoms with Crippen LogP contribution in [0, 0.1) is 5.82 Å². The van der Waals surface area contributed by atoms with Crippen LogP contribution >= 0.6 is 11.6 Å². The zero-order valence-corrected chi connectivity index (χ0v) is 21.7. The second-order valence-electron chi connectivity index (χ2n) is 8.03. The maximum atomic E-state index is 13.6. The van der Waals surface area contributed by atoms with Crippen LogP contribution < -0.4 is 19.5 Å². The van der Waals surface area contributed by atoms with Crippen molar-refractivity contribution in [3.63, 3.8) is 0 Å². The van der Waals surface area contributed by atoms with Gasteiger partial charge in [0.05, 0.1) is 42.3 Å². The lowest BCUT2D eigenvalue weighted by Crippen LogP contribution is -2.39. The fraction of sp³-hybridized carbons (Fsp3) is 0.280. The molecule has 0 aliphatic rings. The van der Waals surface area contributed by atoms with Crippen molar-refractivity contribution in [1.29, 1.82) is 0 Å². The van der Waals surface area contributed by atoms with Crippen LogP contribution in [0.2, 0.25) is 5.02 Å². The first-order valence-electron chi connectivity index (χ1n) is 10.7. The summed E-state index contributed by atoms with van der Waals surface area (Å²) in [6.45, 7) is 1.34. The number of pyridine rings is 1. The number of carbonyl (C=O) groups excluding carboxylic acids is 1. The average molecular weight is 537 g/mol. The van der Waals surface area contributed by atoms with Crippen molar-refractivity contribution in [1.82, 2.24) is 10.3 Å². The number of carbonyl (C=O) groups is 1. The van der Waals surface area contributed by atoms with Crippen molar-refractivity contribution in [3.05, 3.63) is 70.6 Å². The molecule has 2 N–H and O–H groups in total. The van der Waals surface area contributed by atoms with Gasteiger partial charge in [-0.15, -0.1) is 0 Å². The molecular weight excluding hydrogens is 511 g/mol. The van der Waals surface area contributed by atoms with Gasteiger partial charge in [0, 0.05) is 17.4 Å². The third-order valence-electron chi connectivity index (χ3n) is 5.22. The molecule has 1 amide bonds. The molecule has 1 heterocycles. The maximum Gasteiger partial charge on any atom is 0.251 e. The number of ether oxygens (including phenoxy) is 3. The Bertz CT molecular complexity index is 1290. The predicted molar refractivity (Wildman–Crippen MR) is 136 cm³/mol. The molecule has 2 atom stereocenters. The zero-order chi connectivity index (χ0) is 26.5. The molecule has 192 valence electrons. The largest absolute Gasteiger partial charge is 0.494 e. The van der Waals surface area contributed by atoms with Crippen molar-refractivity contribution < 1.29 is 32.7 Å². The summed E-state index contributed by atoms with van der Waals surface area (Å²) in [7, 11) is 1.74. The van der Waals surface area contributed by atoms with Crippen molar-refractivity contribution in [2.75, 3.05) is 33.0 Å². The number of rotatable bonds is 10. The lowest BCUT2D eigenvalue weighted by molar-refractivity contribution is 0.0489. The molecule has 0 aliphatic heterocycles. The Hall–Kier alpha value is -3.21. The third-order valence-corrected chi connectivity index (χ3v) is 5.96. The first kappa shape index (κ1) is 27.4. The molecule has 0 saturated heterocycles. The summed E-state index contributed by atoms with van der Waals surface area (Å²) >= 11 is 5.92. The molecule has 36 heavy (non-hydrogen) atoms. The summed E-state index contributed by atoms with van der Waals surface area (Å²) in [5.74, 6) is 0.0279. The van der Waals surface area contributed by atoms with E-state index in [1.807, 2.05) is 0 Å². The number of hydrogen-bond donors (Lipinski definition) is 2. The van der Waals surface area contributed by atoms with Gasteiger partial charge in [-0.3, -0.25) is 9.00 Å². The highest BCUT2D eigenvalue weighted by Crippen LogP contribution is 2.33. The third kappa shape index (κ3) is 6.51. The Morgan fingerprint density at radius 2 is 1.81 bits per heavy atom. The minimum absolute atomic E-state index is 0.00819. The Kier molecular flexibility index (Phi) is 8.89. The second-order valence-corrected chi connectivity index (χ2v) is 9.82. The van der Waals surface area contributed by atoms with E-state index in [0.717, 1.165) is 0 Å². The molecule has 0 fully saturated rings. The fourth-order valence-corrected chi connectivity index (χ4v) is 3.75. The molecule has 0 saturated carbocycles. The van der Waals surface area contributed by atoms with E-state index >= 15 is 0 Å². The number of methoxy groups -OCH3 is 2. The Labute approximate surface area is 215 Å². The van der Waals surface area contributed by atoms with Gasteiger partial charge in [0.2, 0.25) is 0 Å². The molecule has 1 aromatic heterocycles. The van der Waals surface area contributed by atoms with E-state index in [1.54, 1.807) is 18.2 Å². The van der Waals surface area contributed by atoms with E-state index < -0.39 is 28.1 Å². The monoisotopic (exact) mass is 536 g/mol.